The van der Waals surface area contributed by atoms with Crippen molar-refractivity contribution in [2.45, 2.75) is 36.1 Å². The third-order valence-corrected chi connectivity index (χ3v) is 3.90. The Kier molecular flexibility index (Phi) is 6.75. The van der Waals surface area contributed by atoms with Gasteiger partial charge in [0.1, 0.15) is 0 Å². The Balaban J connectivity index is 2.84. The molecule has 0 spiro atoms. The molecule has 1 rings (SSSR count). The first-order chi connectivity index (χ1) is 10.1. The molecule has 3 N–H and O–H groups in total. The number of rotatable bonds is 5. The zero-order chi connectivity index (χ0) is 17.0. The maximum Gasteiger partial charge on any atom is 0.262 e. The second kappa shape index (κ2) is 7.69. The monoisotopic (exact) mass is 363 g/mol. The number of carbonyl (C=O) groups excluding carboxylic acids is 1. The van der Waals surface area contributed by atoms with E-state index in [1.54, 1.807) is 23.5 Å². The van der Waals surface area contributed by atoms with Gasteiger partial charge in [0.2, 0.25) is 6.17 Å². The van der Waals surface area contributed by atoms with E-state index < -0.39 is 9.96 Å². The van der Waals surface area contributed by atoms with Gasteiger partial charge in [-0.2, -0.15) is 0 Å². The molecule has 0 bridgehead atoms. The van der Waals surface area contributed by atoms with Crippen molar-refractivity contribution in [1.29, 1.82) is 0 Å². The topological polar surface area (TPSA) is 45.7 Å². The van der Waals surface area contributed by atoms with E-state index in [4.69, 9.17) is 34.8 Å². The minimum atomic E-state index is -1.61. The molecule has 122 valence electrons. The predicted molar refractivity (Wildman–Crippen MR) is 93.7 cm³/mol. The van der Waals surface area contributed by atoms with Gasteiger partial charge in [0.05, 0.1) is 6.54 Å². The maximum absolute atomic E-state index is 12.3. The number of benzene rings is 1. The van der Waals surface area contributed by atoms with Crippen LogP contribution in [0.5, 0.6) is 0 Å². The van der Waals surface area contributed by atoms with Crippen LogP contribution in [0.4, 0.5) is 0 Å². The Bertz CT molecular complexity index is 516. The van der Waals surface area contributed by atoms with E-state index >= 15 is 0 Å². The zero-order valence-corrected chi connectivity index (χ0v) is 15.3. The fourth-order valence-corrected chi connectivity index (χ4v) is 2.28. The molecule has 0 aliphatic rings. The van der Waals surface area contributed by atoms with Gasteiger partial charge in [-0.15, -0.1) is 0 Å². The molecule has 1 aromatic rings. The Labute approximate surface area is 147 Å². The molecule has 1 amide bonds. The standard InChI is InChI=1S/C16H21Cl3N2O/c1-5-10-20-14(16(17,18)19)21-13(22)11-6-8-12(9-7-11)15(2,3)4/h5-9,14,20H,1,10H2,2-4H3,(H,21,22)/p+1/t14-/m0/s1. The molecule has 0 unspecified atom stereocenters. The summed E-state index contributed by atoms with van der Waals surface area (Å²) in [7, 11) is 0. The quantitative estimate of drug-likeness (QED) is 0.470. The van der Waals surface area contributed by atoms with Crippen molar-refractivity contribution in [3.05, 3.63) is 48.0 Å². The second-order valence-corrected chi connectivity index (χ2v) is 8.45. The molecule has 0 saturated heterocycles. The van der Waals surface area contributed by atoms with Crippen molar-refractivity contribution in [3.63, 3.8) is 0 Å². The summed E-state index contributed by atoms with van der Waals surface area (Å²) >= 11 is 17.7. The largest absolute Gasteiger partial charge is 0.320 e. The van der Waals surface area contributed by atoms with Crippen LogP contribution in [0.1, 0.15) is 36.7 Å². The highest BCUT2D eigenvalue weighted by Gasteiger charge is 2.37. The van der Waals surface area contributed by atoms with Crippen molar-refractivity contribution >= 4 is 40.7 Å². The van der Waals surface area contributed by atoms with Gasteiger partial charge in [-0.25, -0.2) is 0 Å². The van der Waals surface area contributed by atoms with Gasteiger partial charge in [0.25, 0.3) is 9.70 Å². The van der Waals surface area contributed by atoms with Crippen molar-refractivity contribution in [3.8, 4) is 0 Å². The van der Waals surface area contributed by atoms with Crippen LogP contribution >= 0.6 is 34.8 Å². The summed E-state index contributed by atoms with van der Waals surface area (Å²) < 4.78 is -1.61. The summed E-state index contributed by atoms with van der Waals surface area (Å²) in [6, 6.07) is 7.43. The number of amides is 1. The molecule has 0 aliphatic carbocycles. The van der Waals surface area contributed by atoms with Crippen LogP contribution in [0.3, 0.4) is 0 Å². The lowest BCUT2D eigenvalue weighted by molar-refractivity contribution is -0.683. The number of nitrogens with one attached hydrogen (secondary N) is 1. The number of hydrogen-bond donors (Lipinski definition) is 2. The van der Waals surface area contributed by atoms with Crippen molar-refractivity contribution < 1.29 is 10.1 Å². The molecular formula is C16H22Cl3N2O+. The van der Waals surface area contributed by atoms with Crippen LogP contribution in [-0.2, 0) is 5.41 Å². The molecule has 0 aromatic heterocycles. The summed E-state index contributed by atoms with van der Waals surface area (Å²) in [5.74, 6) is -0.280. The van der Waals surface area contributed by atoms with Gasteiger partial charge in [0, 0.05) is 5.56 Å². The maximum atomic E-state index is 12.3. The van der Waals surface area contributed by atoms with Gasteiger partial charge in [-0.05, 0) is 29.2 Å². The highest BCUT2D eigenvalue weighted by molar-refractivity contribution is 6.68. The minimum absolute atomic E-state index is 0.0346. The number of halogens is 3. The summed E-state index contributed by atoms with van der Waals surface area (Å²) in [6.45, 7) is 10.5. The smallest absolute Gasteiger partial charge is 0.262 e. The number of alkyl halides is 3. The van der Waals surface area contributed by atoms with Gasteiger partial charge in [0.15, 0.2) is 0 Å². The average Bonchev–Trinajstić information content (AvgIpc) is 2.41. The first-order valence-corrected chi connectivity index (χ1v) is 8.11. The Hall–Kier alpha value is -0.740. The third-order valence-electron chi connectivity index (χ3n) is 3.19. The Morgan fingerprint density at radius 1 is 1.27 bits per heavy atom. The van der Waals surface area contributed by atoms with E-state index in [9.17, 15) is 4.79 Å². The molecule has 0 aliphatic heterocycles. The van der Waals surface area contributed by atoms with E-state index in [2.05, 4.69) is 32.7 Å². The Morgan fingerprint density at radius 2 is 1.82 bits per heavy atom. The first kappa shape index (κ1) is 19.3. The van der Waals surface area contributed by atoms with E-state index in [-0.39, 0.29) is 11.3 Å². The van der Waals surface area contributed by atoms with Crippen LogP contribution < -0.4 is 10.6 Å². The molecule has 0 heterocycles. The minimum Gasteiger partial charge on any atom is -0.320 e. The molecule has 1 atom stereocenters. The van der Waals surface area contributed by atoms with Crippen molar-refractivity contribution in [2.75, 3.05) is 6.54 Å². The zero-order valence-electron chi connectivity index (χ0n) is 13.0. The van der Waals surface area contributed by atoms with Crippen LogP contribution in [-0.4, -0.2) is 22.4 Å². The number of quaternary nitrogens is 1. The Morgan fingerprint density at radius 3 is 2.23 bits per heavy atom. The van der Waals surface area contributed by atoms with E-state index in [1.165, 1.54) is 0 Å². The van der Waals surface area contributed by atoms with Crippen LogP contribution in [0.15, 0.2) is 36.9 Å². The van der Waals surface area contributed by atoms with Crippen LogP contribution in [0, 0.1) is 0 Å². The SMILES string of the molecule is C=CC[NH2+][C@@H](NC(=O)c1ccc(C(C)(C)C)cc1)C(Cl)(Cl)Cl. The lowest BCUT2D eigenvalue weighted by Crippen LogP contribution is -2.96. The molecule has 0 radical (unpaired) electrons. The molecule has 22 heavy (non-hydrogen) atoms. The molecule has 0 saturated carbocycles. The summed E-state index contributed by atoms with van der Waals surface area (Å²) in [5, 5.41) is 4.44. The summed E-state index contributed by atoms with van der Waals surface area (Å²) in [6.07, 6.45) is 0.985. The second-order valence-electron chi connectivity index (χ2n) is 6.08. The van der Waals surface area contributed by atoms with E-state index in [0.29, 0.717) is 12.1 Å². The third kappa shape index (κ3) is 5.81. The molecular weight excluding hydrogens is 343 g/mol. The van der Waals surface area contributed by atoms with E-state index in [1.807, 2.05) is 12.1 Å². The average molecular weight is 365 g/mol. The van der Waals surface area contributed by atoms with Gasteiger partial charge in [-0.1, -0.05) is 74.3 Å². The molecule has 0 fully saturated rings. The highest BCUT2D eigenvalue weighted by Crippen LogP contribution is 2.27. The first-order valence-electron chi connectivity index (χ1n) is 6.98. The van der Waals surface area contributed by atoms with Crippen LogP contribution in [0.25, 0.3) is 0 Å². The van der Waals surface area contributed by atoms with Gasteiger partial charge < -0.3 is 5.32 Å². The summed E-state index contributed by atoms with van der Waals surface area (Å²) in [4.78, 5) is 12.3. The number of nitrogens with two attached hydrogens (primary N) is 1. The molecule has 1 aromatic carbocycles. The van der Waals surface area contributed by atoms with Gasteiger partial charge in [-0.3, -0.25) is 10.1 Å². The fraction of sp³-hybridized carbons (Fsp3) is 0.438. The normalized spacial score (nSPS) is 13.5. The van der Waals surface area contributed by atoms with E-state index in [0.717, 1.165) is 5.56 Å². The fourth-order valence-electron chi connectivity index (χ4n) is 1.85. The lowest BCUT2D eigenvalue weighted by Gasteiger charge is -2.23. The van der Waals surface area contributed by atoms with Gasteiger partial charge >= 0.3 is 0 Å². The molecule has 3 nitrogen and oxygen atoms in total. The highest BCUT2D eigenvalue weighted by atomic mass is 35.6. The van der Waals surface area contributed by atoms with Crippen molar-refractivity contribution in [1.82, 2.24) is 5.32 Å². The summed E-state index contributed by atoms with van der Waals surface area (Å²) in [5.41, 5.74) is 1.71. The molecule has 6 heteroatoms. The van der Waals surface area contributed by atoms with Crippen LogP contribution in [0.2, 0.25) is 0 Å². The number of hydrogen-bond acceptors (Lipinski definition) is 1. The van der Waals surface area contributed by atoms with Crippen molar-refractivity contribution in [2.24, 2.45) is 0 Å². The predicted octanol–water partition coefficient (Wildman–Crippen LogP) is 3.16. The lowest BCUT2D eigenvalue weighted by atomic mass is 9.87. The number of carbonyl (C=O) groups is 1.